The molecule has 33 heavy (non-hydrogen) atoms. The van der Waals surface area contributed by atoms with Crippen molar-refractivity contribution in [3.05, 3.63) is 29.7 Å². The molecule has 180 valence electrons. The molecule has 0 radical (unpaired) electrons. The number of amides is 1. The quantitative estimate of drug-likeness (QED) is 0.639. The van der Waals surface area contributed by atoms with Crippen molar-refractivity contribution >= 4 is 23.6 Å². The maximum absolute atomic E-state index is 12.4. The lowest BCUT2D eigenvalue weighted by Crippen LogP contribution is -2.50. The van der Waals surface area contributed by atoms with E-state index < -0.39 is 5.60 Å². The summed E-state index contributed by atoms with van der Waals surface area (Å²) in [7, 11) is 0. The average molecular weight is 456 g/mol. The van der Waals surface area contributed by atoms with Crippen LogP contribution in [0, 0.1) is 11.8 Å². The minimum absolute atomic E-state index is 0.235. The van der Waals surface area contributed by atoms with Crippen LogP contribution in [-0.2, 0) is 4.74 Å². The zero-order chi connectivity index (χ0) is 23.6. The second-order valence-corrected chi connectivity index (χ2v) is 10.4. The molecule has 8 nitrogen and oxygen atoms in total. The molecule has 1 saturated heterocycles. The molecule has 2 saturated carbocycles. The Morgan fingerprint density at radius 2 is 1.97 bits per heavy atom. The third-order valence-corrected chi connectivity index (χ3v) is 6.53. The monoisotopic (exact) mass is 455 g/mol. The Balaban J connectivity index is 1.50. The molecule has 2 aliphatic carbocycles. The van der Waals surface area contributed by atoms with E-state index in [0.29, 0.717) is 38.0 Å². The Hall–Kier alpha value is -2.61. The standard InChI is InChI=1S/C25H37N5O3/c1-25(2,3)33-24(32)30-11-9-29(10-12-30)21-5-4-8-27-23(21)20(22(26)18-6-7-18)15-28-19-13-17(14-19)16-31/h4-5,8,15,17-19,31H,6-7,9-14,16,26H2,1-3H3. The Morgan fingerprint density at radius 3 is 2.58 bits per heavy atom. The first kappa shape index (κ1) is 23.5. The maximum Gasteiger partial charge on any atom is 0.410 e. The van der Waals surface area contributed by atoms with E-state index in [1.54, 1.807) is 11.1 Å². The van der Waals surface area contributed by atoms with Gasteiger partial charge >= 0.3 is 6.09 Å². The number of aromatic nitrogens is 1. The smallest absolute Gasteiger partial charge is 0.410 e. The first-order valence-corrected chi connectivity index (χ1v) is 12.1. The fourth-order valence-corrected chi connectivity index (χ4v) is 4.35. The number of anilines is 1. The second kappa shape index (κ2) is 9.71. The van der Waals surface area contributed by atoms with Crippen molar-refractivity contribution in [3.8, 4) is 0 Å². The van der Waals surface area contributed by atoms with Gasteiger partial charge in [0.15, 0.2) is 0 Å². The van der Waals surface area contributed by atoms with Gasteiger partial charge in [-0.3, -0.25) is 9.98 Å². The highest BCUT2D eigenvalue weighted by molar-refractivity contribution is 6.12. The number of hydrogen-bond acceptors (Lipinski definition) is 7. The number of piperazine rings is 1. The topological polar surface area (TPSA) is 104 Å². The van der Waals surface area contributed by atoms with Gasteiger partial charge in [0, 0.05) is 56.5 Å². The van der Waals surface area contributed by atoms with Gasteiger partial charge in [0.05, 0.1) is 17.4 Å². The van der Waals surface area contributed by atoms with Crippen molar-refractivity contribution in [2.75, 3.05) is 37.7 Å². The summed E-state index contributed by atoms with van der Waals surface area (Å²) in [6.07, 6.45) is 7.51. The molecule has 0 spiro atoms. The summed E-state index contributed by atoms with van der Waals surface area (Å²) in [5.41, 5.74) is 9.75. The number of carbonyl (C=O) groups is 1. The molecule has 1 aliphatic heterocycles. The minimum Gasteiger partial charge on any atom is -0.444 e. The van der Waals surface area contributed by atoms with Crippen LogP contribution in [0.1, 0.15) is 52.1 Å². The lowest BCUT2D eigenvalue weighted by atomic mass is 9.81. The normalized spacial score (nSPS) is 24.5. The van der Waals surface area contributed by atoms with Crippen molar-refractivity contribution in [2.45, 2.75) is 58.1 Å². The summed E-state index contributed by atoms with van der Waals surface area (Å²) in [5, 5.41) is 9.29. The minimum atomic E-state index is -0.498. The van der Waals surface area contributed by atoms with Gasteiger partial charge in [-0.2, -0.15) is 0 Å². The number of hydrogen-bond donors (Lipinski definition) is 2. The number of carbonyl (C=O) groups excluding carboxylic acids is 1. The van der Waals surface area contributed by atoms with E-state index in [9.17, 15) is 9.90 Å². The lowest BCUT2D eigenvalue weighted by molar-refractivity contribution is 0.0240. The van der Waals surface area contributed by atoms with Crippen LogP contribution in [0.4, 0.5) is 10.5 Å². The molecule has 1 aromatic rings. The van der Waals surface area contributed by atoms with E-state index in [0.717, 1.165) is 48.3 Å². The van der Waals surface area contributed by atoms with Crippen LogP contribution in [0.5, 0.6) is 0 Å². The number of nitrogens with two attached hydrogens (primary N) is 1. The Morgan fingerprint density at radius 1 is 1.27 bits per heavy atom. The van der Waals surface area contributed by atoms with Gasteiger partial charge < -0.3 is 25.4 Å². The van der Waals surface area contributed by atoms with Gasteiger partial charge in [-0.25, -0.2) is 4.79 Å². The number of pyridine rings is 1. The predicted molar refractivity (Wildman–Crippen MR) is 130 cm³/mol. The van der Waals surface area contributed by atoms with Crippen LogP contribution >= 0.6 is 0 Å². The predicted octanol–water partition coefficient (Wildman–Crippen LogP) is 3.06. The molecule has 2 heterocycles. The van der Waals surface area contributed by atoms with Gasteiger partial charge in [-0.05, 0) is 70.4 Å². The van der Waals surface area contributed by atoms with Crippen molar-refractivity contribution in [3.63, 3.8) is 0 Å². The third-order valence-electron chi connectivity index (χ3n) is 6.53. The molecule has 3 aliphatic rings. The highest BCUT2D eigenvalue weighted by atomic mass is 16.6. The van der Waals surface area contributed by atoms with Crippen LogP contribution in [0.15, 0.2) is 29.0 Å². The van der Waals surface area contributed by atoms with Crippen LogP contribution in [-0.4, -0.2) is 71.7 Å². The highest BCUT2D eigenvalue weighted by Gasteiger charge is 2.31. The first-order valence-electron chi connectivity index (χ1n) is 12.1. The van der Waals surface area contributed by atoms with E-state index in [1.165, 1.54) is 0 Å². The lowest BCUT2D eigenvalue weighted by Gasteiger charge is -2.37. The third kappa shape index (κ3) is 5.85. The van der Waals surface area contributed by atoms with Crippen LogP contribution in [0.25, 0.3) is 5.57 Å². The molecule has 3 N–H and O–H groups in total. The summed E-state index contributed by atoms with van der Waals surface area (Å²) in [6, 6.07) is 4.26. The summed E-state index contributed by atoms with van der Waals surface area (Å²) in [5.74, 6) is 0.768. The molecular weight excluding hydrogens is 418 g/mol. The summed E-state index contributed by atoms with van der Waals surface area (Å²) >= 11 is 0. The van der Waals surface area contributed by atoms with Crippen LogP contribution in [0.3, 0.4) is 0 Å². The fourth-order valence-electron chi connectivity index (χ4n) is 4.35. The number of aliphatic hydroxyl groups is 1. The molecule has 0 bridgehead atoms. The van der Waals surface area contributed by atoms with Crippen molar-refractivity contribution in [2.24, 2.45) is 22.6 Å². The van der Waals surface area contributed by atoms with E-state index in [4.69, 9.17) is 20.4 Å². The summed E-state index contributed by atoms with van der Waals surface area (Å²) < 4.78 is 5.53. The Kier molecular flexibility index (Phi) is 6.93. The maximum atomic E-state index is 12.4. The number of aliphatic imine (C=N–C) groups is 1. The number of nitrogens with zero attached hydrogens (tertiary/aromatic N) is 4. The number of rotatable bonds is 6. The molecule has 1 aromatic heterocycles. The molecule has 0 atom stereocenters. The SMILES string of the molecule is CC(C)(C)OC(=O)N1CCN(c2cccnc2C(C=NC2CC(CO)C2)=C(N)C2CC2)CC1. The van der Waals surface area contributed by atoms with Crippen LogP contribution in [0.2, 0.25) is 0 Å². The second-order valence-electron chi connectivity index (χ2n) is 10.4. The molecule has 8 heteroatoms. The first-order chi connectivity index (χ1) is 15.7. The van der Waals surface area contributed by atoms with E-state index >= 15 is 0 Å². The van der Waals surface area contributed by atoms with Gasteiger partial charge in [0.1, 0.15) is 5.60 Å². The fraction of sp³-hybridized carbons (Fsp3) is 0.640. The molecule has 4 rings (SSSR count). The van der Waals surface area contributed by atoms with Gasteiger partial charge in [-0.15, -0.1) is 0 Å². The average Bonchev–Trinajstić information content (AvgIpc) is 3.59. The Labute approximate surface area is 196 Å². The van der Waals surface area contributed by atoms with Crippen molar-refractivity contribution < 1.29 is 14.6 Å². The van der Waals surface area contributed by atoms with Gasteiger partial charge in [0.25, 0.3) is 0 Å². The number of ether oxygens (including phenoxy) is 1. The molecule has 3 fully saturated rings. The molecular formula is C25H37N5O3. The Bertz CT molecular complexity index is 905. The highest BCUT2D eigenvalue weighted by Crippen LogP contribution is 2.39. The summed E-state index contributed by atoms with van der Waals surface area (Å²) in [6.45, 7) is 8.48. The molecule has 0 aromatic carbocycles. The number of allylic oxidation sites excluding steroid dienone is 2. The van der Waals surface area contributed by atoms with Crippen molar-refractivity contribution in [1.82, 2.24) is 9.88 Å². The zero-order valence-corrected chi connectivity index (χ0v) is 20.0. The molecule has 1 amide bonds. The number of aliphatic hydroxyl groups excluding tert-OH is 1. The largest absolute Gasteiger partial charge is 0.444 e. The van der Waals surface area contributed by atoms with E-state index in [1.807, 2.05) is 33.1 Å². The molecule has 0 unspecified atom stereocenters. The van der Waals surface area contributed by atoms with Gasteiger partial charge in [-0.1, -0.05) is 0 Å². The van der Waals surface area contributed by atoms with Crippen LogP contribution < -0.4 is 10.6 Å². The summed E-state index contributed by atoms with van der Waals surface area (Å²) in [4.78, 5) is 26.0. The van der Waals surface area contributed by atoms with E-state index in [2.05, 4.69) is 11.0 Å². The van der Waals surface area contributed by atoms with Crippen molar-refractivity contribution in [1.29, 1.82) is 0 Å². The zero-order valence-electron chi connectivity index (χ0n) is 20.0. The van der Waals surface area contributed by atoms with Gasteiger partial charge in [0.2, 0.25) is 0 Å². The van der Waals surface area contributed by atoms with E-state index in [-0.39, 0.29) is 18.7 Å².